The van der Waals surface area contributed by atoms with Gasteiger partial charge in [0.25, 0.3) is 0 Å². The van der Waals surface area contributed by atoms with Crippen LogP contribution in [0.1, 0.15) is 26.2 Å². The van der Waals surface area contributed by atoms with Crippen molar-refractivity contribution < 1.29 is 14.7 Å². The number of carboxylic acids is 1. The number of unbranched alkanes of at least 4 members (excludes halogenated alkanes) is 1. The third-order valence-corrected chi connectivity index (χ3v) is 1.73. The Labute approximate surface area is 71.8 Å². The molecule has 0 heterocycles. The van der Waals surface area contributed by atoms with Gasteiger partial charge in [-0.1, -0.05) is 19.8 Å². The van der Waals surface area contributed by atoms with E-state index in [0.717, 1.165) is 12.8 Å². The van der Waals surface area contributed by atoms with Crippen molar-refractivity contribution in [3.8, 4) is 0 Å². The molecule has 1 unspecified atom stereocenters. The van der Waals surface area contributed by atoms with E-state index in [-0.39, 0.29) is 12.3 Å². The molecule has 0 aliphatic heterocycles. The number of hydrogen-bond acceptors (Lipinski definition) is 3. The molecule has 4 nitrogen and oxygen atoms in total. The average Bonchev–Trinajstić information content (AvgIpc) is 2.04. The second kappa shape index (κ2) is 5.71. The molecule has 1 atom stereocenters. The molecule has 12 heavy (non-hydrogen) atoms. The summed E-state index contributed by atoms with van der Waals surface area (Å²) in [6, 6.07) is 0. The lowest BCUT2D eigenvalue weighted by atomic mass is 9.98. The Morgan fingerprint density at radius 3 is 2.42 bits per heavy atom. The van der Waals surface area contributed by atoms with Gasteiger partial charge in [-0.25, -0.2) is 0 Å². The zero-order valence-corrected chi connectivity index (χ0v) is 7.25. The lowest BCUT2D eigenvalue weighted by Gasteiger charge is -2.08. The summed E-state index contributed by atoms with van der Waals surface area (Å²) in [5.74, 6) is -2.33. The molecule has 0 saturated carbocycles. The van der Waals surface area contributed by atoms with Gasteiger partial charge >= 0.3 is 5.97 Å². The first kappa shape index (κ1) is 11.1. The lowest BCUT2D eigenvalue weighted by molar-refractivity contribution is -0.146. The molecule has 0 aliphatic rings. The van der Waals surface area contributed by atoms with Gasteiger partial charge < -0.3 is 10.8 Å². The largest absolute Gasteiger partial charge is 0.481 e. The van der Waals surface area contributed by atoms with Crippen molar-refractivity contribution in [1.29, 1.82) is 0 Å². The van der Waals surface area contributed by atoms with E-state index >= 15 is 0 Å². The summed E-state index contributed by atoms with van der Waals surface area (Å²) in [7, 11) is 0. The van der Waals surface area contributed by atoms with Crippen LogP contribution in [-0.4, -0.2) is 23.4 Å². The summed E-state index contributed by atoms with van der Waals surface area (Å²) in [5.41, 5.74) is 5.07. The fourth-order valence-electron chi connectivity index (χ4n) is 0.973. The first-order valence-electron chi connectivity index (χ1n) is 4.09. The summed E-state index contributed by atoms with van der Waals surface area (Å²) < 4.78 is 0. The number of carbonyl (C=O) groups excluding carboxylic acids is 1. The highest BCUT2D eigenvalue weighted by atomic mass is 16.4. The molecule has 0 fully saturated rings. The summed E-state index contributed by atoms with van der Waals surface area (Å²) in [6.07, 6.45) is 2.05. The van der Waals surface area contributed by atoms with Crippen molar-refractivity contribution >= 4 is 11.8 Å². The molecule has 0 radical (unpaired) electrons. The Balaban J connectivity index is 4.04. The average molecular weight is 173 g/mol. The fraction of sp³-hybridized carbons (Fsp3) is 0.750. The molecular weight excluding hydrogens is 158 g/mol. The predicted molar refractivity (Wildman–Crippen MR) is 44.7 cm³/mol. The summed E-state index contributed by atoms with van der Waals surface area (Å²) in [5, 5.41) is 8.63. The number of Topliss-reactive ketones (excluding diaryl/α,β-unsaturated/α-hetero) is 1. The summed E-state index contributed by atoms with van der Waals surface area (Å²) in [4.78, 5) is 21.5. The number of hydrogen-bond donors (Lipinski definition) is 2. The molecule has 0 aliphatic carbocycles. The van der Waals surface area contributed by atoms with Gasteiger partial charge in [0.2, 0.25) is 0 Å². The van der Waals surface area contributed by atoms with E-state index < -0.39 is 11.9 Å². The summed E-state index contributed by atoms with van der Waals surface area (Å²) >= 11 is 0. The second-order valence-corrected chi connectivity index (χ2v) is 2.70. The van der Waals surface area contributed by atoms with Crippen LogP contribution in [0.2, 0.25) is 0 Å². The maximum atomic E-state index is 11.0. The van der Waals surface area contributed by atoms with Gasteiger partial charge in [0, 0.05) is 0 Å². The van der Waals surface area contributed by atoms with E-state index in [1.807, 2.05) is 6.92 Å². The van der Waals surface area contributed by atoms with Gasteiger partial charge in [-0.2, -0.15) is 0 Å². The molecule has 0 aromatic heterocycles. The van der Waals surface area contributed by atoms with E-state index in [0.29, 0.717) is 6.42 Å². The van der Waals surface area contributed by atoms with Crippen LogP contribution >= 0.6 is 0 Å². The van der Waals surface area contributed by atoms with Gasteiger partial charge in [-0.3, -0.25) is 9.59 Å². The zero-order chi connectivity index (χ0) is 9.56. The third-order valence-electron chi connectivity index (χ3n) is 1.73. The number of carbonyl (C=O) groups is 2. The summed E-state index contributed by atoms with van der Waals surface area (Å²) in [6.45, 7) is 1.77. The standard InChI is InChI=1S/C8H15NO3/c1-2-3-4-6(8(11)12)7(10)5-9/h6H,2-5,9H2,1H3,(H,11,12). The Bertz CT molecular complexity index is 168. The van der Waals surface area contributed by atoms with E-state index in [2.05, 4.69) is 0 Å². The Kier molecular flexibility index (Phi) is 5.28. The van der Waals surface area contributed by atoms with E-state index in [1.165, 1.54) is 0 Å². The highest BCUT2D eigenvalue weighted by Crippen LogP contribution is 2.09. The van der Waals surface area contributed by atoms with Crippen molar-refractivity contribution in [2.75, 3.05) is 6.54 Å². The smallest absolute Gasteiger partial charge is 0.314 e. The zero-order valence-electron chi connectivity index (χ0n) is 7.25. The molecule has 0 aromatic rings. The van der Waals surface area contributed by atoms with E-state index in [1.54, 1.807) is 0 Å². The number of aliphatic carboxylic acids is 1. The molecule has 0 spiro atoms. The molecule has 70 valence electrons. The van der Waals surface area contributed by atoms with Gasteiger partial charge in [0.05, 0.1) is 6.54 Å². The molecule has 0 bridgehead atoms. The third kappa shape index (κ3) is 3.48. The normalized spacial score (nSPS) is 12.5. The second-order valence-electron chi connectivity index (χ2n) is 2.70. The lowest BCUT2D eigenvalue weighted by Crippen LogP contribution is -2.29. The van der Waals surface area contributed by atoms with Crippen molar-refractivity contribution in [3.05, 3.63) is 0 Å². The van der Waals surface area contributed by atoms with Crippen molar-refractivity contribution in [2.24, 2.45) is 11.7 Å². The van der Waals surface area contributed by atoms with Crippen molar-refractivity contribution in [2.45, 2.75) is 26.2 Å². The number of nitrogens with two attached hydrogens (primary N) is 1. The van der Waals surface area contributed by atoms with Crippen LogP contribution in [0.25, 0.3) is 0 Å². The van der Waals surface area contributed by atoms with Crippen LogP contribution in [0, 0.1) is 5.92 Å². The molecular formula is C8H15NO3. The van der Waals surface area contributed by atoms with Gasteiger partial charge in [-0.05, 0) is 6.42 Å². The quantitative estimate of drug-likeness (QED) is 0.570. The minimum atomic E-state index is -1.06. The topological polar surface area (TPSA) is 80.4 Å². The van der Waals surface area contributed by atoms with E-state index in [4.69, 9.17) is 10.8 Å². The van der Waals surface area contributed by atoms with Gasteiger partial charge in [0.15, 0.2) is 5.78 Å². The number of rotatable bonds is 6. The molecule has 0 rings (SSSR count). The van der Waals surface area contributed by atoms with Crippen LogP contribution in [0.4, 0.5) is 0 Å². The van der Waals surface area contributed by atoms with Crippen LogP contribution in [0.5, 0.6) is 0 Å². The highest BCUT2D eigenvalue weighted by Gasteiger charge is 2.23. The molecule has 0 saturated heterocycles. The first-order chi connectivity index (χ1) is 5.63. The number of carboxylic acid groups (broad SMARTS) is 1. The van der Waals surface area contributed by atoms with Crippen molar-refractivity contribution in [3.63, 3.8) is 0 Å². The number of ketones is 1. The fourth-order valence-corrected chi connectivity index (χ4v) is 0.973. The SMILES string of the molecule is CCCCC(C(=O)O)C(=O)CN. The van der Waals surface area contributed by atoms with Crippen LogP contribution in [-0.2, 0) is 9.59 Å². The van der Waals surface area contributed by atoms with Gasteiger partial charge in [0.1, 0.15) is 5.92 Å². The van der Waals surface area contributed by atoms with Crippen molar-refractivity contribution in [1.82, 2.24) is 0 Å². The molecule has 0 aromatic carbocycles. The monoisotopic (exact) mass is 173 g/mol. The first-order valence-corrected chi connectivity index (χ1v) is 4.09. The van der Waals surface area contributed by atoms with Gasteiger partial charge in [-0.15, -0.1) is 0 Å². The minimum Gasteiger partial charge on any atom is -0.481 e. The maximum Gasteiger partial charge on any atom is 0.314 e. The van der Waals surface area contributed by atoms with Crippen LogP contribution in [0.15, 0.2) is 0 Å². The molecule has 0 amide bonds. The minimum absolute atomic E-state index is 0.180. The molecule has 4 heteroatoms. The Morgan fingerprint density at radius 2 is 2.08 bits per heavy atom. The Morgan fingerprint density at radius 1 is 1.50 bits per heavy atom. The Hall–Kier alpha value is -0.900. The van der Waals surface area contributed by atoms with Crippen LogP contribution in [0.3, 0.4) is 0 Å². The van der Waals surface area contributed by atoms with E-state index in [9.17, 15) is 9.59 Å². The van der Waals surface area contributed by atoms with Crippen LogP contribution < -0.4 is 5.73 Å². The predicted octanol–water partition coefficient (Wildman–Crippen LogP) is 0.405. The maximum absolute atomic E-state index is 11.0. The highest BCUT2D eigenvalue weighted by molar-refractivity contribution is 5.99. The molecule has 3 N–H and O–H groups in total.